The van der Waals surface area contributed by atoms with E-state index in [2.05, 4.69) is 32.7 Å². The van der Waals surface area contributed by atoms with Gasteiger partial charge in [0.25, 0.3) is 5.56 Å². The first-order valence-electron chi connectivity index (χ1n) is 11.5. The van der Waals surface area contributed by atoms with Crippen LogP contribution in [-0.4, -0.2) is 27.3 Å². The van der Waals surface area contributed by atoms with Crippen molar-refractivity contribution < 1.29 is 4.79 Å². The highest BCUT2D eigenvalue weighted by Crippen LogP contribution is 2.36. The van der Waals surface area contributed by atoms with Crippen molar-refractivity contribution in [2.75, 3.05) is 5.75 Å². The van der Waals surface area contributed by atoms with Crippen LogP contribution in [0.1, 0.15) is 56.9 Å². The summed E-state index contributed by atoms with van der Waals surface area (Å²) in [7, 11) is 0. The molecule has 31 heavy (non-hydrogen) atoms. The Labute approximate surface area is 192 Å². The second-order valence-electron chi connectivity index (χ2n) is 9.36. The average Bonchev–Trinajstić information content (AvgIpc) is 3.09. The maximum absolute atomic E-state index is 13.4. The predicted octanol–water partition coefficient (Wildman–Crippen LogP) is 4.80. The second-order valence-corrected chi connectivity index (χ2v) is 11.4. The number of fused-ring (bicyclic) bond motifs is 3. The van der Waals surface area contributed by atoms with Crippen LogP contribution in [0, 0.1) is 17.8 Å². The maximum atomic E-state index is 13.4. The summed E-state index contributed by atoms with van der Waals surface area (Å²) in [6.45, 7) is 11.0. The summed E-state index contributed by atoms with van der Waals surface area (Å²) in [5.41, 5.74) is 1.21. The molecule has 0 aromatic carbocycles. The first kappa shape index (κ1) is 22.6. The fraction of sp³-hybridized carbons (Fsp3) is 0.625. The number of hydrogen-bond donors (Lipinski definition) is 1. The Kier molecular flexibility index (Phi) is 6.92. The highest BCUT2D eigenvalue weighted by Gasteiger charge is 2.28. The molecule has 5 nitrogen and oxygen atoms in total. The summed E-state index contributed by atoms with van der Waals surface area (Å²) >= 11 is 3.02. The number of carbonyl (C=O) groups is 1. The molecule has 168 valence electrons. The number of carbonyl (C=O) groups excluding carboxylic acids is 1. The minimum Gasteiger partial charge on any atom is -0.352 e. The number of thioether (sulfide) groups is 1. The Morgan fingerprint density at radius 1 is 1.32 bits per heavy atom. The van der Waals surface area contributed by atoms with Gasteiger partial charge >= 0.3 is 0 Å². The van der Waals surface area contributed by atoms with Crippen LogP contribution in [0.4, 0.5) is 0 Å². The van der Waals surface area contributed by atoms with Crippen LogP contribution in [0.5, 0.6) is 0 Å². The van der Waals surface area contributed by atoms with Crippen molar-refractivity contribution in [3.05, 3.63) is 33.4 Å². The summed E-state index contributed by atoms with van der Waals surface area (Å²) in [4.78, 5) is 33.0. The molecule has 0 radical (unpaired) electrons. The molecular weight excluding hydrogens is 426 g/mol. The van der Waals surface area contributed by atoms with E-state index in [9.17, 15) is 9.59 Å². The van der Waals surface area contributed by atoms with Gasteiger partial charge in [0, 0.05) is 17.5 Å². The molecule has 4 atom stereocenters. The molecule has 2 aliphatic rings. The molecule has 2 aromatic rings. The van der Waals surface area contributed by atoms with Gasteiger partial charge in [-0.25, -0.2) is 4.98 Å². The molecule has 2 heterocycles. The van der Waals surface area contributed by atoms with Crippen LogP contribution in [0.15, 0.2) is 22.6 Å². The summed E-state index contributed by atoms with van der Waals surface area (Å²) < 4.78 is 1.68. The lowest BCUT2D eigenvalue weighted by Gasteiger charge is -2.34. The van der Waals surface area contributed by atoms with Crippen molar-refractivity contribution in [1.82, 2.24) is 14.9 Å². The second kappa shape index (κ2) is 9.49. The number of thiophene rings is 1. The van der Waals surface area contributed by atoms with E-state index in [4.69, 9.17) is 4.98 Å². The number of amides is 1. The fourth-order valence-corrected chi connectivity index (χ4v) is 7.21. The van der Waals surface area contributed by atoms with E-state index in [0.29, 0.717) is 29.5 Å². The molecule has 1 amide bonds. The van der Waals surface area contributed by atoms with E-state index >= 15 is 0 Å². The predicted molar refractivity (Wildman–Crippen MR) is 130 cm³/mol. The lowest BCUT2D eigenvalue weighted by Crippen LogP contribution is -2.44. The van der Waals surface area contributed by atoms with Crippen LogP contribution >= 0.6 is 23.1 Å². The third kappa shape index (κ3) is 4.63. The van der Waals surface area contributed by atoms with Gasteiger partial charge in [-0.2, -0.15) is 0 Å². The number of nitrogens with one attached hydrogen (secondary N) is 1. The normalized spacial score (nSPS) is 25.9. The van der Waals surface area contributed by atoms with Crippen molar-refractivity contribution in [2.45, 2.75) is 77.0 Å². The molecule has 2 aromatic heterocycles. The zero-order valence-corrected chi connectivity index (χ0v) is 20.4. The Hall–Kier alpha value is -1.60. The quantitative estimate of drug-likeness (QED) is 0.383. The van der Waals surface area contributed by atoms with Gasteiger partial charge in [-0.3, -0.25) is 14.2 Å². The number of nitrogens with zero attached hydrogens (tertiary/aromatic N) is 2. The highest BCUT2D eigenvalue weighted by atomic mass is 32.2. The van der Waals surface area contributed by atoms with E-state index in [1.165, 1.54) is 35.0 Å². The molecule has 2 aliphatic carbocycles. The number of hydrogen-bond acceptors (Lipinski definition) is 5. The average molecular weight is 460 g/mol. The largest absolute Gasteiger partial charge is 0.352 e. The van der Waals surface area contributed by atoms with Gasteiger partial charge in [-0.05, 0) is 49.0 Å². The summed E-state index contributed by atoms with van der Waals surface area (Å²) in [6, 6.07) is 0.244. The zero-order valence-electron chi connectivity index (χ0n) is 18.8. The third-order valence-electron chi connectivity index (χ3n) is 7.08. The Balaban J connectivity index is 1.55. The Bertz CT molecular complexity index is 1040. The van der Waals surface area contributed by atoms with E-state index < -0.39 is 0 Å². The van der Waals surface area contributed by atoms with Crippen LogP contribution in [0.3, 0.4) is 0 Å². The molecular formula is C24H33N3O2S2. The molecule has 0 aliphatic heterocycles. The summed E-state index contributed by atoms with van der Waals surface area (Å²) in [5.74, 6) is 2.08. The van der Waals surface area contributed by atoms with Crippen molar-refractivity contribution in [3.8, 4) is 0 Å². The lowest BCUT2D eigenvalue weighted by atomic mass is 9.78. The molecule has 1 saturated carbocycles. The molecule has 4 rings (SSSR count). The molecule has 0 bridgehead atoms. The van der Waals surface area contributed by atoms with Crippen molar-refractivity contribution in [3.63, 3.8) is 0 Å². The minimum atomic E-state index is 0.00888. The SMILES string of the molecule is C=CCn1c(SCC(=O)NC2CCCC(C)C2C)nc2sc3c(c2c1=O)CCC(C)C3. The monoisotopic (exact) mass is 459 g/mol. The number of rotatable bonds is 6. The zero-order chi connectivity index (χ0) is 22.1. The first-order chi connectivity index (χ1) is 14.9. The van der Waals surface area contributed by atoms with Gasteiger partial charge in [0.05, 0.1) is 11.1 Å². The Morgan fingerprint density at radius 2 is 2.13 bits per heavy atom. The van der Waals surface area contributed by atoms with Gasteiger partial charge in [0.15, 0.2) is 5.16 Å². The van der Waals surface area contributed by atoms with E-state index in [1.807, 2.05) is 0 Å². The number of allylic oxidation sites excluding steroid dienone is 1. The van der Waals surface area contributed by atoms with Crippen molar-refractivity contribution in [2.24, 2.45) is 17.8 Å². The first-order valence-corrected chi connectivity index (χ1v) is 13.3. The van der Waals surface area contributed by atoms with Crippen LogP contribution in [0.2, 0.25) is 0 Å². The van der Waals surface area contributed by atoms with Gasteiger partial charge in [0.2, 0.25) is 5.91 Å². The molecule has 1 fully saturated rings. The summed E-state index contributed by atoms with van der Waals surface area (Å²) in [5, 5.41) is 4.62. The van der Waals surface area contributed by atoms with Gasteiger partial charge in [0.1, 0.15) is 4.83 Å². The molecule has 1 N–H and O–H groups in total. The van der Waals surface area contributed by atoms with E-state index in [1.54, 1.807) is 22.0 Å². The number of aryl methyl sites for hydroxylation is 1. The molecule has 0 saturated heterocycles. The molecule has 7 heteroatoms. The van der Waals surface area contributed by atoms with Crippen molar-refractivity contribution >= 4 is 39.2 Å². The topological polar surface area (TPSA) is 64.0 Å². The highest BCUT2D eigenvalue weighted by molar-refractivity contribution is 7.99. The van der Waals surface area contributed by atoms with Gasteiger partial charge in [-0.15, -0.1) is 17.9 Å². The summed E-state index contributed by atoms with van der Waals surface area (Å²) in [6.07, 6.45) is 8.28. The van der Waals surface area contributed by atoms with Crippen LogP contribution < -0.4 is 10.9 Å². The van der Waals surface area contributed by atoms with E-state index in [0.717, 1.165) is 35.9 Å². The lowest BCUT2D eigenvalue weighted by molar-refractivity contribution is -0.120. The van der Waals surface area contributed by atoms with Crippen molar-refractivity contribution in [1.29, 1.82) is 0 Å². The number of aromatic nitrogens is 2. The smallest absolute Gasteiger partial charge is 0.263 e. The fourth-order valence-electron chi connectivity index (χ4n) is 4.97. The van der Waals surface area contributed by atoms with Gasteiger partial charge < -0.3 is 5.32 Å². The maximum Gasteiger partial charge on any atom is 0.263 e. The van der Waals surface area contributed by atoms with E-state index in [-0.39, 0.29) is 23.3 Å². The van der Waals surface area contributed by atoms with Crippen LogP contribution in [0.25, 0.3) is 10.2 Å². The third-order valence-corrected chi connectivity index (χ3v) is 9.20. The van der Waals surface area contributed by atoms with Crippen LogP contribution in [-0.2, 0) is 24.2 Å². The molecule has 0 spiro atoms. The van der Waals surface area contributed by atoms with Gasteiger partial charge in [-0.1, -0.05) is 51.5 Å². The minimum absolute atomic E-state index is 0.00888. The standard InChI is InChI=1S/C24H33N3O2S2/c1-5-11-27-23(29)21-17-10-9-14(2)12-19(17)31-22(21)26-24(27)30-13-20(28)25-18-8-6-7-15(3)16(18)4/h5,14-16,18H,1,6-13H2,2-4H3,(H,25,28). The Morgan fingerprint density at radius 3 is 2.90 bits per heavy atom. The molecule has 4 unspecified atom stereocenters.